The van der Waals surface area contributed by atoms with Crippen LogP contribution in [-0.2, 0) is 9.59 Å². The Balaban J connectivity index is 2.88. The molecule has 1 saturated heterocycles. The first kappa shape index (κ1) is 9.77. The van der Waals surface area contributed by atoms with E-state index in [0.29, 0.717) is 0 Å². The third-order valence-electron chi connectivity index (χ3n) is 1.56. The summed E-state index contributed by atoms with van der Waals surface area (Å²) >= 11 is 6.33. The average Bonchev–Trinajstić information content (AvgIpc) is 2.30. The van der Waals surface area contributed by atoms with Gasteiger partial charge in [-0.1, -0.05) is 31.9 Å². The Morgan fingerprint density at radius 2 is 2.17 bits per heavy atom. The van der Waals surface area contributed by atoms with Crippen LogP contribution in [0.4, 0.5) is 0 Å². The summed E-state index contributed by atoms with van der Waals surface area (Å²) < 4.78 is 0. The molecule has 4 nitrogen and oxygen atoms in total. The van der Waals surface area contributed by atoms with Gasteiger partial charge in [-0.15, -0.1) is 0 Å². The van der Waals surface area contributed by atoms with E-state index in [2.05, 4.69) is 37.2 Å². The summed E-state index contributed by atoms with van der Waals surface area (Å²) in [6.07, 6.45) is 0. The predicted octanol–water partition coefficient (Wildman–Crippen LogP) is 0.285. The number of rotatable bonds is 1. The van der Waals surface area contributed by atoms with Crippen LogP contribution in [0.15, 0.2) is 5.70 Å². The Morgan fingerprint density at radius 3 is 2.42 bits per heavy atom. The molecule has 2 N–H and O–H groups in total. The van der Waals surface area contributed by atoms with Crippen molar-refractivity contribution in [3.63, 3.8) is 0 Å². The zero-order valence-corrected chi connectivity index (χ0v) is 8.92. The van der Waals surface area contributed by atoms with Gasteiger partial charge in [-0.2, -0.15) is 0 Å². The summed E-state index contributed by atoms with van der Waals surface area (Å²) in [5.74, 6) is 0.650. The number of aliphatic carboxylic acids is 1. The Hall–Kier alpha value is -0.320. The maximum atomic E-state index is 10.6. The van der Waals surface area contributed by atoms with Crippen LogP contribution >= 0.6 is 31.9 Å². The van der Waals surface area contributed by atoms with Crippen molar-refractivity contribution in [2.45, 2.75) is 15.7 Å². The van der Waals surface area contributed by atoms with Gasteiger partial charge in [-0.05, 0) is 0 Å². The molecule has 1 heterocycles. The quantitative estimate of drug-likeness (QED) is 0.539. The lowest BCUT2D eigenvalue weighted by Crippen LogP contribution is -2.36. The molecule has 1 fully saturated rings. The van der Waals surface area contributed by atoms with Crippen molar-refractivity contribution in [2.24, 2.45) is 0 Å². The maximum absolute atomic E-state index is 10.6. The van der Waals surface area contributed by atoms with E-state index >= 15 is 0 Å². The predicted molar refractivity (Wildman–Crippen MR) is 49.2 cm³/mol. The Morgan fingerprint density at radius 1 is 1.58 bits per heavy atom. The smallest absolute Gasteiger partial charge is 0.327 e. The van der Waals surface area contributed by atoms with Crippen LogP contribution in [0.3, 0.4) is 0 Å². The first-order chi connectivity index (χ1) is 5.57. The van der Waals surface area contributed by atoms with Crippen LogP contribution in [0.1, 0.15) is 0 Å². The van der Waals surface area contributed by atoms with Crippen LogP contribution in [0.2, 0.25) is 0 Å². The zero-order valence-electron chi connectivity index (χ0n) is 5.75. The zero-order chi connectivity index (χ0) is 9.30. The van der Waals surface area contributed by atoms with E-state index in [-0.39, 0.29) is 15.4 Å². The molecule has 1 aliphatic rings. The number of carboxylic acid groups (broad SMARTS) is 1. The Labute approximate surface area is 85.3 Å². The largest absolute Gasteiger partial charge is 0.480 e. The molecular weight excluding hydrogens is 294 g/mol. The Kier molecular flexibility index (Phi) is 2.93. The number of carbonyl (C=O) groups excluding carboxylic acids is 1. The maximum Gasteiger partial charge on any atom is 0.327 e. The van der Waals surface area contributed by atoms with Crippen LogP contribution in [0.25, 0.3) is 0 Å². The molecule has 66 valence electrons. The van der Waals surface area contributed by atoms with Gasteiger partial charge in [0.2, 0.25) is 0 Å². The van der Waals surface area contributed by atoms with Crippen molar-refractivity contribution >= 4 is 43.8 Å². The second-order valence-corrected chi connectivity index (χ2v) is 4.37. The van der Waals surface area contributed by atoms with Crippen LogP contribution in [0, 0.1) is 0 Å². The molecule has 12 heavy (non-hydrogen) atoms. The molecule has 1 aliphatic heterocycles. The number of alkyl halides is 2. The molecule has 6 heteroatoms. The molecule has 0 aromatic heterocycles. The molecular formula is C6H5Br2NO3. The minimum atomic E-state index is -0.994. The summed E-state index contributed by atoms with van der Waals surface area (Å²) in [7, 11) is 0. The third kappa shape index (κ3) is 1.55. The van der Waals surface area contributed by atoms with E-state index in [9.17, 15) is 9.59 Å². The van der Waals surface area contributed by atoms with Gasteiger partial charge in [0, 0.05) is 0 Å². The lowest BCUT2D eigenvalue weighted by atomic mass is 10.2. The summed E-state index contributed by atoms with van der Waals surface area (Å²) in [6.45, 7) is 0. The molecule has 2 unspecified atom stereocenters. The third-order valence-corrected chi connectivity index (χ3v) is 4.35. The van der Waals surface area contributed by atoms with Crippen molar-refractivity contribution in [2.75, 3.05) is 0 Å². The minimum absolute atomic E-state index is 0.240. The fourth-order valence-corrected chi connectivity index (χ4v) is 2.09. The second-order valence-electron chi connectivity index (χ2n) is 2.32. The number of carboxylic acids is 1. The molecule has 0 aromatic carbocycles. The molecule has 1 rings (SSSR count). The summed E-state index contributed by atoms with van der Waals surface area (Å²) in [5.41, 5.74) is 0.240. The molecule has 0 bridgehead atoms. The summed E-state index contributed by atoms with van der Waals surface area (Å²) in [4.78, 5) is 20.2. The monoisotopic (exact) mass is 297 g/mol. The van der Waals surface area contributed by atoms with E-state index in [1.165, 1.54) is 0 Å². The summed E-state index contributed by atoms with van der Waals surface area (Å²) in [6, 6.07) is -0.772. The number of halogens is 2. The first-order valence-electron chi connectivity index (χ1n) is 3.10. The van der Waals surface area contributed by atoms with E-state index in [1.807, 2.05) is 0 Å². The molecule has 0 spiro atoms. The fourth-order valence-electron chi connectivity index (χ4n) is 0.939. The highest BCUT2D eigenvalue weighted by Crippen LogP contribution is 2.28. The van der Waals surface area contributed by atoms with Crippen LogP contribution < -0.4 is 5.32 Å². The van der Waals surface area contributed by atoms with Gasteiger partial charge in [-0.25, -0.2) is 9.59 Å². The number of allylic oxidation sites excluding steroid dienone is 1. The number of hydrogen-bond acceptors (Lipinski definition) is 3. The van der Waals surface area contributed by atoms with E-state index in [0.717, 1.165) is 0 Å². The minimum Gasteiger partial charge on any atom is -0.480 e. The van der Waals surface area contributed by atoms with Gasteiger partial charge in [0.1, 0.15) is 17.7 Å². The molecule has 0 saturated carbocycles. The highest BCUT2D eigenvalue weighted by molar-refractivity contribution is 9.12. The highest BCUT2D eigenvalue weighted by Gasteiger charge is 2.41. The van der Waals surface area contributed by atoms with Gasteiger partial charge in [-0.3, -0.25) is 0 Å². The highest BCUT2D eigenvalue weighted by atomic mass is 79.9. The van der Waals surface area contributed by atoms with Crippen molar-refractivity contribution < 1.29 is 14.7 Å². The van der Waals surface area contributed by atoms with Crippen molar-refractivity contribution in [1.29, 1.82) is 0 Å². The van der Waals surface area contributed by atoms with Gasteiger partial charge >= 0.3 is 5.97 Å². The standard InChI is InChI=1S/C6H5Br2NO3/c7-3-2(1-10)9-5(4(3)8)6(11)12/h3-5,9H,(H,11,12)/t3?,4?,5-/m0/s1. The van der Waals surface area contributed by atoms with Crippen LogP contribution in [0.5, 0.6) is 0 Å². The van der Waals surface area contributed by atoms with Gasteiger partial charge in [0.05, 0.1) is 9.65 Å². The van der Waals surface area contributed by atoms with Crippen LogP contribution in [-0.4, -0.2) is 32.7 Å². The fraction of sp³-hybridized carbons (Fsp3) is 0.500. The normalized spacial score (nSPS) is 34.2. The topological polar surface area (TPSA) is 66.4 Å². The molecule has 3 atom stereocenters. The Bertz CT molecular complexity index is 262. The number of nitrogens with one attached hydrogen (secondary N) is 1. The lowest BCUT2D eigenvalue weighted by molar-refractivity contribution is -0.138. The van der Waals surface area contributed by atoms with Gasteiger partial charge in [0.15, 0.2) is 0 Å². The molecule has 0 radical (unpaired) electrons. The molecule has 0 aromatic rings. The SMILES string of the molecule is O=C=C1N[C@H](C(=O)O)C(Br)C1Br. The van der Waals surface area contributed by atoms with Crippen molar-refractivity contribution in [1.82, 2.24) is 5.32 Å². The van der Waals surface area contributed by atoms with Gasteiger partial charge in [0.25, 0.3) is 0 Å². The molecule has 0 aliphatic carbocycles. The average molecular weight is 299 g/mol. The first-order valence-corrected chi connectivity index (χ1v) is 4.93. The number of hydrogen-bond donors (Lipinski definition) is 2. The summed E-state index contributed by atoms with van der Waals surface area (Å²) in [5, 5.41) is 11.2. The van der Waals surface area contributed by atoms with E-state index in [1.54, 1.807) is 5.94 Å². The van der Waals surface area contributed by atoms with E-state index in [4.69, 9.17) is 5.11 Å². The van der Waals surface area contributed by atoms with Gasteiger partial charge < -0.3 is 10.4 Å². The van der Waals surface area contributed by atoms with Crippen molar-refractivity contribution in [3.05, 3.63) is 5.70 Å². The van der Waals surface area contributed by atoms with Crippen molar-refractivity contribution in [3.8, 4) is 0 Å². The number of carbonyl (C=O) groups is 1. The second kappa shape index (κ2) is 3.60. The molecule has 0 amide bonds. The lowest BCUT2D eigenvalue weighted by Gasteiger charge is -2.08. The van der Waals surface area contributed by atoms with E-state index < -0.39 is 12.0 Å².